The fourth-order valence-corrected chi connectivity index (χ4v) is 0.831. The number of carbonyl (C=O) groups excluding carboxylic acids is 1. The number of halogens is 2. The van der Waals surface area contributed by atoms with Gasteiger partial charge in [0.1, 0.15) is 0 Å². The minimum Gasteiger partial charge on any atom is -0.331 e. The number of nitrogens with zero attached hydrogens (tertiary/aromatic N) is 1. The third kappa shape index (κ3) is 3.27. The van der Waals surface area contributed by atoms with Gasteiger partial charge in [0.05, 0.1) is 0 Å². The van der Waals surface area contributed by atoms with Crippen molar-refractivity contribution >= 4 is 32.9 Å². The number of rotatable bonds is 2. The molecule has 1 amide bonds. The van der Waals surface area contributed by atoms with Crippen LogP contribution in [-0.2, 0) is 0 Å². The van der Waals surface area contributed by atoms with Crippen LogP contribution in [0.5, 0.6) is 0 Å². The molecule has 0 aliphatic carbocycles. The lowest BCUT2D eigenvalue weighted by Gasteiger charge is -2.08. The summed E-state index contributed by atoms with van der Waals surface area (Å²) in [5.41, 5.74) is 0. The van der Waals surface area contributed by atoms with Crippen LogP contribution in [0.15, 0.2) is 0 Å². The monoisotopic (exact) mass is 199 g/mol. The maximum absolute atomic E-state index is 10.2. The van der Waals surface area contributed by atoms with Crippen molar-refractivity contribution in [3.05, 3.63) is 0 Å². The third-order valence-corrected chi connectivity index (χ3v) is 1.36. The van der Waals surface area contributed by atoms with Crippen LogP contribution < -0.4 is 0 Å². The summed E-state index contributed by atoms with van der Waals surface area (Å²) >= 11 is 8.24. The van der Waals surface area contributed by atoms with E-state index in [1.807, 2.05) is 0 Å². The van der Waals surface area contributed by atoms with Crippen molar-refractivity contribution in [3.63, 3.8) is 0 Å². The lowest BCUT2D eigenvalue weighted by Crippen LogP contribution is -2.22. The lowest BCUT2D eigenvalue weighted by atomic mass is 10.7. The molecule has 0 atom stereocenters. The van der Waals surface area contributed by atoms with Gasteiger partial charge in [0.2, 0.25) is 0 Å². The smallest absolute Gasteiger partial charge is 0.316 e. The van der Waals surface area contributed by atoms with Gasteiger partial charge in [-0.05, 0) is 11.6 Å². The van der Waals surface area contributed by atoms with E-state index < -0.39 is 5.37 Å². The average Bonchev–Trinajstić information content (AvgIpc) is 1.67. The summed E-state index contributed by atoms with van der Waals surface area (Å²) in [5, 5.41) is 0.353. The normalized spacial score (nSPS) is 8.88. The summed E-state index contributed by atoms with van der Waals surface area (Å²) in [7, 11) is 1.65. The van der Waals surface area contributed by atoms with E-state index >= 15 is 0 Å². The Kier molecular flexibility index (Phi) is 4.28. The highest BCUT2D eigenvalue weighted by atomic mass is 79.9. The van der Waals surface area contributed by atoms with Crippen molar-refractivity contribution in [2.75, 3.05) is 18.9 Å². The van der Waals surface area contributed by atoms with E-state index in [1.54, 1.807) is 7.05 Å². The average molecular weight is 200 g/mol. The Morgan fingerprint density at radius 1 is 1.88 bits per heavy atom. The lowest BCUT2D eigenvalue weighted by molar-refractivity contribution is 0.235. The summed E-state index contributed by atoms with van der Waals surface area (Å²) in [4.78, 5) is 11.6. The molecule has 0 spiro atoms. The maximum Gasteiger partial charge on any atom is 0.316 e. The predicted octanol–water partition coefficient (Wildman–Crippen LogP) is 1.67. The Morgan fingerprint density at radius 3 is 2.50 bits per heavy atom. The highest BCUT2D eigenvalue weighted by Gasteiger charge is 2.00. The molecular formula is C4H7BrClNO. The highest BCUT2D eigenvalue weighted by molar-refractivity contribution is 9.09. The van der Waals surface area contributed by atoms with Crippen LogP contribution in [-0.4, -0.2) is 29.2 Å². The van der Waals surface area contributed by atoms with Crippen LogP contribution in [0.4, 0.5) is 4.79 Å². The molecule has 0 unspecified atom stereocenters. The Morgan fingerprint density at radius 2 is 2.38 bits per heavy atom. The van der Waals surface area contributed by atoms with Gasteiger partial charge in [0.25, 0.3) is 0 Å². The van der Waals surface area contributed by atoms with Crippen LogP contribution >= 0.6 is 27.5 Å². The van der Waals surface area contributed by atoms with Gasteiger partial charge in [-0.25, -0.2) is 0 Å². The molecule has 0 aliphatic rings. The zero-order chi connectivity index (χ0) is 6.57. The van der Waals surface area contributed by atoms with Crippen LogP contribution in [0.3, 0.4) is 0 Å². The summed E-state index contributed by atoms with van der Waals surface area (Å²) in [6.07, 6.45) is 0. The molecule has 2 nitrogen and oxygen atoms in total. The van der Waals surface area contributed by atoms with Gasteiger partial charge < -0.3 is 4.90 Å². The van der Waals surface area contributed by atoms with Gasteiger partial charge >= 0.3 is 5.37 Å². The third-order valence-electron chi connectivity index (χ3n) is 0.720. The Hall–Kier alpha value is 0.240. The summed E-state index contributed by atoms with van der Waals surface area (Å²) in [5.74, 6) is 0. The quantitative estimate of drug-likeness (QED) is 0.377. The molecule has 0 radical (unpaired) electrons. The minimum atomic E-state index is -0.413. The van der Waals surface area contributed by atoms with Gasteiger partial charge in [-0.1, -0.05) is 15.9 Å². The van der Waals surface area contributed by atoms with E-state index in [4.69, 9.17) is 11.6 Å². The molecule has 0 heterocycles. The summed E-state index contributed by atoms with van der Waals surface area (Å²) in [6, 6.07) is 0. The van der Waals surface area contributed by atoms with Crippen LogP contribution in [0.2, 0.25) is 0 Å². The largest absolute Gasteiger partial charge is 0.331 e. The fourth-order valence-electron chi connectivity index (χ4n) is 0.215. The van der Waals surface area contributed by atoms with Gasteiger partial charge in [-0.15, -0.1) is 0 Å². The zero-order valence-corrected chi connectivity index (χ0v) is 6.87. The van der Waals surface area contributed by atoms with Crippen molar-refractivity contribution in [2.24, 2.45) is 0 Å². The molecule has 0 saturated heterocycles. The molecule has 0 aliphatic heterocycles. The highest BCUT2D eigenvalue weighted by Crippen LogP contribution is 1.92. The number of hydrogen-bond donors (Lipinski definition) is 0. The number of carbonyl (C=O) groups is 1. The summed E-state index contributed by atoms with van der Waals surface area (Å²) < 4.78 is 0. The molecular weight excluding hydrogens is 193 g/mol. The van der Waals surface area contributed by atoms with Crippen molar-refractivity contribution in [1.82, 2.24) is 4.90 Å². The van der Waals surface area contributed by atoms with E-state index in [-0.39, 0.29) is 0 Å². The van der Waals surface area contributed by atoms with Gasteiger partial charge in [0, 0.05) is 18.9 Å². The first-order chi connectivity index (χ1) is 3.68. The molecule has 0 aromatic rings. The molecule has 0 saturated carbocycles. The zero-order valence-electron chi connectivity index (χ0n) is 4.53. The second kappa shape index (κ2) is 4.15. The maximum atomic E-state index is 10.2. The van der Waals surface area contributed by atoms with Crippen LogP contribution in [0.1, 0.15) is 0 Å². The SMILES string of the molecule is CN(CCBr)C(=O)Cl. The molecule has 0 fully saturated rings. The van der Waals surface area contributed by atoms with Crippen molar-refractivity contribution in [2.45, 2.75) is 0 Å². The molecule has 48 valence electrons. The summed E-state index contributed by atoms with van der Waals surface area (Å²) in [6.45, 7) is 0.655. The molecule has 0 aromatic carbocycles. The Balaban J connectivity index is 3.32. The fraction of sp³-hybridized carbons (Fsp3) is 0.750. The molecule has 0 bridgehead atoms. The first kappa shape index (κ1) is 8.24. The van der Waals surface area contributed by atoms with Crippen molar-refractivity contribution < 1.29 is 4.79 Å². The predicted molar refractivity (Wildman–Crippen MR) is 37.7 cm³/mol. The molecule has 4 heteroatoms. The minimum absolute atomic E-state index is 0.413. The first-order valence-electron chi connectivity index (χ1n) is 2.15. The van der Waals surface area contributed by atoms with Gasteiger partial charge in [-0.2, -0.15) is 0 Å². The number of amides is 1. The van der Waals surface area contributed by atoms with Crippen molar-refractivity contribution in [1.29, 1.82) is 0 Å². The van der Waals surface area contributed by atoms with E-state index in [2.05, 4.69) is 15.9 Å². The van der Waals surface area contributed by atoms with Crippen LogP contribution in [0.25, 0.3) is 0 Å². The van der Waals surface area contributed by atoms with Crippen molar-refractivity contribution in [3.8, 4) is 0 Å². The first-order valence-corrected chi connectivity index (χ1v) is 3.65. The molecule has 0 rings (SSSR count). The second-order valence-corrected chi connectivity index (χ2v) is 2.48. The second-order valence-electron chi connectivity index (χ2n) is 1.36. The van der Waals surface area contributed by atoms with Gasteiger partial charge in [-0.3, -0.25) is 4.79 Å². The Labute approximate surface area is 61.9 Å². The van der Waals surface area contributed by atoms with Gasteiger partial charge in [0.15, 0.2) is 0 Å². The molecule has 0 N–H and O–H groups in total. The van der Waals surface area contributed by atoms with E-state index in [9.17, 15) is 4.79 Å². The molecule has 8 heavy (non-hydrogen) atoms. The number of alkyl halides is 1. The van der Waals surface area contributed by atoms with Crippen LogP contribution in [0, 0.1) is 0 Å². The topological polar surface area (TPSA) is 20.3 Å². The molecule has 0 aromatic heterocycles. The van der Waals surface area contributed by atoms with E-state index in [0.717, 1.165) is 5.33 Å². The number of hydrogen-bond acceptors (Lipinski definition) is 1. The standard InChI is InChI=1S/C4H7BrClNO/c1-7(3-2-5)4(6)8/h2-3H2,1H3. The van der Waals surface area contributed by atoms with E-state index in [0.29, 0.717) is 6.54 Å². The Bertz CT molecular complexity index is 88.1. The van der Waals surface area contributed by atoms with E-state index in [1.165, 1.54) is 4.90 Å².